The average Bonchev–Trinajstić information content (AvgIpc) is 3.74. The fourth-order valence-corrected chi connectivity index (χ4v) is 15.1. The standard InChI is InChI=1S/C43H36F12Si/c1-7-23-17-32-30(24-13-26(40(44,45)46)18-27(14-24)41(47,48)49)11-10-20(4)33(32)35(23)34-22(6)31-12-21(5)38-37(31)36(39(34)56(38,8-2)9-3)25-15-28(42(50,51)52)19-29(16-25)43(53,54)55/h10-11,13-19,35H,7-9,12H2,1-6H3. The third-order valence-corrected chi connectivity index (χ3v) is 17.7. The minimum absolute atomic E-state index is 0.0764. The van der Waals surface area contributed by atoms with Crippen molar-refractivity contribution in [2.45, 2.75) is 97.1 Å². The fourth-order valence-electron chi connectivity index (χ4n) is 9.72. The summed E-state index contributed by atoms with van der Waals surface area (Å²) in [5.74, 6) is -0.611. The van der Waals surface area contributed by atoms with Crippen LogP contribution in [0.1, 0.15) is 101 Å². The number of benzene rings is 4. The second-order valence-corrected chi connectivity index (χ2v) is 19.7. The quantitative estimate of drug-likeness (QED) is 0.134. The van der Waals surface area contributed by atoms with Crippen molar-refractivity contribution in [2.24, 2.45) is 0 Å². The summed E-state index contributed by atoms with van der Waals surface area (Å²) in [6, 6.07) is 7.50. The van der Waals surface area contributed by atoms with Crippen molar-refractivity contribution in [3.05, 3.63) is 121 Å². The first-order valence-corrected chi connectivity index (χ1v) is 20.6. The van der Waals surface area contributed by atoms with E-state index in [4.69, 9.17) is 0 Å². The highest BCUT2D eigenvalue weighted by molar-refractivity contribution is 7.09. The van der Waals surface area contributed by atoms with E-state index in [0.29, 0.717) is 64.9 Å². The molecule has 1 unspecified atom stereocenters. The molecule has 0 spiro atoms. The van der Waals surface area contributed by atoms with Gasteiger partial charge in [0.05, 0.1) is 22.3 Å². The zero-order valence-electron chi connectivity index (χ0n) is 31.1. The Morgan fingerprint density at radius 2 is 1.09 bits per heavy atom. The molecule has 7 rings (SSSR count). The number of alkyl halides is 12. The molecule has 13 heteroatoms. The number of hydrogen-bond donors (Lipinski definition) is 0. The molecule has 0 saturated heterocycles. The summed E-state index contributed by atoms with van der Waals surface area (Å²) in [4.78, 5) is 0. The van der Waals surface area contributed by atoms with Gasteiger partial charge in [-0.15, -0.1) is 0 Å². The van der Waals surface area contributed by atoms with Gasteiger partial charge in [0.15, 0.2) is 0 Å². The summed E-state index contributed by atoms with van der Waals surface area (Å²) in [6.07, 6.45) is -17.7. The van der Waals surface area contributed by atoms with Crippen molar-refractivity contribution in [1.29, 1.82) is 0 Å². The van der Waals surface area contributed by atoms with Gasteiger partial charge in [0.1, 0.15) is 8.07 Å². The Morgan fingerprint density at radius 1 is 0.607 bits per heavy atom. The largest absolute Gasteiger partial charge is 0.416 e. The molecule has 1 heterocycles. The van der Waals surface area contributed by atoms with Crippen LogP contribution in [0.2, 0.25) is 12.1 Å². The van der Waals surface area contributed by atoms with E-state index in [1.807, 2.05) is 34.6 Å². The highest BCUT2D eigenvalue weighted by Gasteiger charge is 2.53. The smallest absolute Gasteiger partial charge is 0.166 e. The molecule has 0 saturated carbocycles. The Morgan fingerprint density at radius 3 is 1.54 bits per heavy atom. The summed E-state index contributed by atoms with van der Waals surface area (Å²) in [5.41, 5.74) is 0.966. The van der Waals surface area contributed by atoms with Gasteiger partial charge in [-0.2, -0.15) is 52.7 Å². The van der Waals surface area contributed by atoms with Crippen LogP contribution < -0.4 is 5.19 Å². The van der Waals surface area contributed by atoms with Crippen LogP contribution in [0.4, 0.5) is 52.7 Å². The first-order valence-electron chi connectivity index (χ1n) is 18.2. The van der Waals surface area contributed by atoms with Crippen molar-refractivity contribution < 1.29 is 52.7 Å². The summed E-state index contributed by atoms with van der Waals surface area (Å²) < 4.78 is 170. The molecule has 56 heavy (non-hydrogen) atoms. The lowest BCUT2D eigenvalue weighted by Crippen LogP contribution is -2.48. The number of hydrogen-bond acceptors (Lipinski definition) is 0. The number of halogens is 12. The summed E-state index contributed by atoms with van der Waals surface area (Å²) in [5, 5.41) is 1.78. The molecule has 1 atom stereocenters. The zero-order chi connectivity index (χ0) is 41.2. The number of fused-ring (bicyclic) bond motifs is 2. The fraction of sp³-hybridized carbons (Fsp3) is 0.349. The molecule has 3 aliphatic rings. The summed E-state index contributed by atoms with van der Waals surface area (Å²) >= 11 is 0. The molecule has 296 valence electrons. The van der Waals surface area contributed by atoms with E-state index in [1.54, 1.807) is 19.1 Å². The van der Waals surface area contributed by atoms with E-state index in [1.165, 1.54) is 6.07 Å². The lowest BCUT2D eigenvalue weighted by Gasteiger charge is -2.34. The third-order valence-electron chi connectivity index (χ3n) is 12.2. The van der Waals surface area contributed by atoms with E-state index >= 15 is 0 Å². The zero-order valence-corrected chi connectivity index (χ0v) is 32.1. The highest BCUT2D eigenvalue weighted by Crippen LogP contribution is 2.58. The van der Waals surface area contributed by atoms with Crippen molar-refractivity contribution >= 4 is 24.5 Å². The normalized spacial score (nSPS) is 17.6. The minimum Gasteiger partial charge on any atom is -0.166 e. The van der Waals surface area contributed by atoms with Gasteiger partial charge in [0, 0.05) is 5.92 Å². The molecular formula is C43H36F12Si. The van der Waals surface area contributed by atoms with Gasteiger partial charge >= 0.3 is 24.7 Å². The van der Waals surface area contributed by atoms with E-state index in [0.717, 1.165) is 50.4 Å². The maximum atomic E-state index is 14.3. The van der Waals surface area contributed by atoms with Crippen molar-refractivity contribution in [1.82, 2.24) is 0 Å². The minimum atomic E-state index is -5.08. The van der Waals surface area contributed by atoms with Gasteiger partial charge in [0.25, 0.3) is 0 Å². The topological polar surface area (TPSA) is 0 Å². The van der Waals surface area contributed by atoms with Crippen LogP contribution in [0.25, 0.3) is 33.5 Å². The van der Waals surface area contributed by atoms with Crippen LogP contribution in [0.3, 0.4) is 0 Å². The highest BCUT2D eigenvalue weighted by atomic mass is 28.3. The molecule has 0 radical (unpaired) electrons. The molecule has 0 aromatic heterocycles. The van der Waals surface area contributed by atoms with Crippen molar-refractivity contribution in [3.8, 4) is 22.3 Å². The van der Waals surface area contributed by atoms with Crippen LogP contribution in [0.15, 0.2) is 59.7 Å². The lowest BCUT2D eigenvalue weighted by atomic mass is 9.78. The molecule has 1 aliphatic heterocycles. The molecule has 0 amide bonds. The number of allylic oxidation sites excluding steroid dienone is 2. The molecule has 0 nitrogen and oxygen atoms in total. The van der Waals surface area contributed by atoms with Crippen molar-refractivity contribution in [3.63, 3.8) is 0 Å². The van der Waals surface area contributed by atoms with Crippen LogP contribution in [-0.4, -0.2) is 8.07 Å². The van der Waals surface area contributed by atoms with Crippen molar-refractivity contribution in [2.75, 3.05) is 0 Å². The first-order chi connectivity index (χ1) is 25.9. The van der Waals surface area contributed by atoms with Gasteiger partial charge < -0.3 is 0 Å². The maximum absolute atomic E-state index is 14.3. The van der Waals surface area contributed by atoms with Gasteiger partial charge in [-0.3, -0.25) is 0 Å². The third kappa shape index (κ3) is 5.96. The molecule has 0 N–H and O–H groups in total. The molecule has 4 aromatic carbocycles. The Labute approximate surface area is 317 Å². The van der Waals surface area contributed by atoms with E-state index in [9.17, 15) is 52.7 Å². The van der Waals surface area contributed by atoms with Crippen LogP contribution in [-0.2, 0) is 31.1 Å². The second-order valence-electron chi connectivity index (χ2n) is 15.1. The second kappa shape index (κ2) is 12.9. The predicted molar refractivity (Wildman–Crippen MR) is 196 cm³/mol. The van der Waals surface area contributed by atoms with Gasteiger partial charge in [-0.05, 0) is 142 Å². The molecule has 4 aromatic rings. The van der Waals surface area contributed by atoms with E-state index in [-0.39, 0.29) is 28.8 Å². The van der Waals surface area contributed by atoms with Gasteiger partial charge in [-0.25, -0.2) is 0 Å². The molecular weight excluding hydrogens is 773 g/mol. The maximum Gasteiger partial charge on any atom is 0.416 e. The van der Waals surface area contributed by atoms with Gasteiger partial charge in [0.2, 0.25) is 0 Å². The Hall–Kier alpha value is -4.26. The Kier molecular flexibility index (Phi) is 9.18. The summed E-state index contributed by atoms with van der Waals surface area (Å²) in [7, 11) is -2.92. The Bertz CT molecular complexity index is 2310. The lowest BCUT2D eigenvalue weighted by molar-refractivity contribution is -0.144. The summed E-state index contributed by atoms with van der Waals surface area (Å²) in [6.45, 7) is 11.5. The monoisotopic (exact) mass is 808 g/mol. The van der Waals surface area contributed by atoms with E-state index < -0.39 is 61.0 Å². The molecule has 2 aliphatic carbocycles. The predicted octanol–water partition coefficient (Wildman–Crippen LogP) is 14.2. The van der Waals surface area contributed by atoms with Gasteiger partial charge in [-0.1, -0.05) is 62.2 Å². The first kappa shape index (κ1) is 40.0. The number of aryl methyl sites for hydroxylation is 1. The van der Waals surface area contributed by atoms with Crippen LogP contribution in [0, 0.1) is 13.8 Å². The Balaban J connectivity index is 1.59. The average molecular weight is 809 g/mol. The molecule has 2 bridgehead atoms. The number of rotatable bonds is 6. The van der Waals surface area contributed by atoms with Crippen LogP contribution >= 0.6 is 0 Å². The SMILES string of the molecule is CCC1=Cc2c(-c3cc(C(F)(F)F)cc(C(F)(F)F)c3)ccc(C)c2C1c1c(C)c2c3c(-c4cc(C(F)(F)F)cc(C(F)(F)F)c4)c1[Si](CC)(CC)C3=C(C)C2. The van der Waals surface area contributed by atoms with Crippen LogP contribution in [0.5, 0.6) is 0 Å². The van der Waals surface area contributed by atoms with E-state index in [2.05, 4.69) is 0 Å². The molecule has 0 fully saturated rings.